The molecule has 0 aliphatic carbocycles. The molecule has 9 heteroatoms. The van der Waals surface area contributed by atoms with Crippen LogP contribution in [0.4, 0.5) is 10.6 Å². The molecule has 0 saturated carbocycles. The second-order valence-electron chi connectivity index (χ2n) is 7.53. The fourth-order valence-corrected chi connectivity index (χ4v) is 2.86. The van der Waals surface area contributed by atoms with Crippen LogP contribution in [0.2, 0.25) is 5.15 Å². The van der Waals surface area contributed by atoms with Crippen molar-refractivity contribution in [1.29, 1.82) is 0 Å². The van der Waals surface area contributed by atoms with Crippen molar-refractivity contribution >= 4 is 29.5 Å². The number of halogens is 1. The summed E-state index contributed by atoms with van der Waals surface area (Å²) >= 11 is 6.03. The van der Waals surface area contributed by atoms with Gasteiger partial charge in [-0.25, -0.2) is 19.6 Å². The fraction of sp³-hybridized carbons (Fsp3) is 0.647. The van der Waals surface area contributed by atoms with Crippen LogP contribution in [-0.2, 0) is 9.47 Å². The third-order valence-corrected chi connectivity index (χ3v) is 4.35. The summed E-state index contributed by atoms with van der Waals surface area (Å²) in [5, 5.41) is 2.96. The van der Waals surface area contributed by atoms with Crippen LogP contribution in [0.1, 0.15) is 51.0 Å². The summed E-state index contributed by atoms with van der Waals surface area (Å²) in [6, 6.07) is 0. The molecule has 0 bridgehead atoms. The van der Waals surface area contributed by atoms with Crippen molar-refractivity contribution in [3.8, 4) is 0 Å². The molecule has 2 heterocycles. The lowest BCUT2D eigenvalue weighted by molar-refractivity contribution is 0.0447. The number of anilines is 1. The average Bonchev–Trinajstić information content (AvgIpc) is 2.52. The summed E-state index contributed by atoms with van der Waals surface area (Å²) in [6.07, 6.45) is 2.51. The maximum absolute atomic E-state index is 12.0. The number of esters is 1. The Morgan fingerprint density at radius 1 is 1.31 bits per heavy atom. The van der Waals surface area contributed by atoms with Gasteiger partial charge in [0.25, 0.3) is 0 Å². The van der Waals surface area contributed by atoms with Crippen molar-refractivity contribution in [2.45, 2.75) is 51.7 Å². The van der Waals surface area contributed by atoms with Gasteiger partial charge in [0.05, 0.1) is 13.3 Å². The Morgan fingerprint density at radius 2 is 1.92 bits per heavy atom. The molecule has 0 spiro atoms. The lowest BCUT2D eigenvalue weighted by Crippen LogP contribution is -2.54. The number of ether oxygens (including phenoxy) is 2. The Morgan fingerprint density at radius 3 is 2.42 bits per heavy atom. The Kier molecular flexibility index (Phi) is 5.95. The van der Waals surface area contributed by atoms with Crippen LogP contribution in [0.25, 0.3) is 0 Å². The van der Waals surface area contributed by atoms with Crippen LogP contribution >= 0.6 is 11.6 Å². The van der Waals surface area contributed by atoms with Gasteiger partial charge in [0.1, 0.15) is 11.4 Å². The maximum Gasteiger partial charge on any atom is 0.408 e. The number of amides is 1. The first-order valence-corrected chi connectivity index (χ1v) is 8.78. The summed E-state index contributed by atoms with van der Waals surface area (Å²) < 4.78 is 9.94. The molecule has 0 unspecified atom stereocenters. The molecule has 1 amide bonds. The summed E-state index contributed by atoms with van der Waals surface area (Å²) in [5.41, 5.74) is -0.900. The van der Waals surface area contributed by atoms with E-state index in [1.54, 1.807) is 0 Å². The van der Waals surface area contributed by atoms with Crippen LogP contribution in [0.15, 0.2) is 6.20 Å². The van der Waals surface area contributed by atoms with Gasteiger partial charge in [0.15, 0.2) is 10.8 Å². The summed E-state index contributed by atoms with van der Waals surface area (Å²) in [7, 11) is 1.26. The molecule has 26 heavy (non-hydrogen) atoms. The average molecular weight is 385 g/mol. The predicted octanol–water partition coefficient (Wildman–Crippen LogP) is 2.80. The Balaban J connectivity index is 1.98. The standard InChI is InChI=1S/C17H25ClN4O4/c1-16(2,3)26-15(24)21-17(4)6-8-22(9-7-17)11-10-19-12(13(18)20-11)14(23)25-5/h10H,6-9H2,1-5H3,(H,21,24). The zero-order chi connectivity index (χ0) is 19.5. The van der Waals surface area contributed by atoms with Crippen molar-refractivity contribution in [2.75, 3.05) is 25.1 Å². The van der Waals surface area contributed by atoms with E-state index in [0.29, 0.717) is 31.7 Å². The van der Waals surface area contributed by atoms with Gasteiger partial charge in [0, 0.05) is 18.6 Å². The van der Waals surface area contributed by atoms with Gasteiger partial charge in [-0.15, -0.1) is 0 Å². The molecule has 1 fully saturated rings. The molecule has 144 valence electrons. The lowest BCUT2D eigenvalue weighted by atomic mass is 9.90. The molecule has 1 aromatic heterocycles. The summed E-state index contributed by atoms with van der Waals surface area (Å²) in [4.78, 5) is 33.9. The molecule has 0 radical (unpaired) electrons. The fourth-order valence-electron chi connectivity index (χ4n) is 2.65. The predicted molar refractivity (Wildman–Crippen MR) is 97.6 cm³/mol. The van der Waals surface area contributed by atoms with E-state index >= 15 is 0 Å². The quantitative estimate of drug-likeness (QED) is 0.800. The first kappa shape index (κ1) is 20.2. The number of carbonyl (C=O) groups excluding carboxylic acids is 2. The van der Waals surface area contributed by atoms with Gasteiger partial charge < -0.3 is 19.7 Å². The third-order valence-electron chi connectivity index (χ3n) is 4.09. The number of carbonyl (C=O) groups is 2. The molecule has 1 aliphatic heterocycles. The Bertz CT molecular complexity index is 682. The highest BCUT2D eigenvalue weighted by molar-refractivity contribution is 6.32. The van der Waals surface area contributed by atoms with E-state index < -0.39 is 17.7 Å². The van der Waals surface area contributed by atoms with Crippen LogP contribution in [-0.4, -0.2) is 53.4 Å². The molecule has 1 N–H and O–H groups in total. The zero-order valence-corrected chi connectivity index (χ0v) is 16.5. The monoisotopic (exact) mass is 384 g/mol. The number of nitrogens with zero attached hydrogens (tertiary/aromatic N) is 3. The van der Waals surface area contributed by atoms with E-state index in [9.17, 15) is 9.59 Å². The van der Waals surface area contributed by atoms with Crippen molar-refractivity contribution in [1.82, 2.24) is 15.3 Å². The van der Waals surface area contributed by atoms with Gasteiger partial charge in [-0.2, -0.15) is 0 Å². The second-order valence-corrected chi connectivity index (χ2v) is 7.89. The second kappa shape index (κ2) is 7.65. The number of alkyl carbamates (subject to hydrolysis) is 1. The SMILES string of the molecule is COC(=O)c1ncc(N2CCC(C)(NC(=O)OC(C)(C)C)CC2)nc1Cl. The van der Waals surface area contributed by atoms with E-state index in [0.717, 1.165) is 0 Å². The van der Waals surface area contributed by atoms with Crippen LogP contribution in [0.5, 0.6) is 0 Å². The minimum atomic E-state index is -0.623. The first-order valence-electron chi connectivity index (χ1n) is 8.40. The molecular weight excluding hydrogens is 360 g/mol. The zero-order valence-electron chi connectivity index (χ0n) is 15.8. The van der Waals surface area contributed by atoms with Gasteiger partial charge >= 0.3 is 12.1 Å². The number of piperidine rings is 1. The van der Waals surface area contributed by atoms with Crippen molar-refractivity contribution in [2.24, 2.45) is 0 Å². The topological polar surface area (TPSA) is 93.7 Å². The molecule has 2 rings (SSSR count). The minimum absolute atomic E-state index is 0.00800. The highest BCUT2D eigenvalue weighted by Gasteiger charge is 2.33. The van der Waals surface area contributed by atoms with Crippen LogP contribution < -0.4 is 10.2 Å². The minimum Gasteiger partial charge on any atom is -0.464 e. The summed E-state index contributed by atoms with van der Waals surface area (Å²) in [6.45, 7) is 8.81. The van der Waals surface area contributed by atoms with E-state index in [1.807, 2.05) is 32.6 Å². The van der Waals surface area contributed by atoms with Crippen molar-refractivity contribution in [3.05, 3.63) is 17.0 Å². The molecule has 1 aliphatic rings. The maximum atomic E-state index is 12.0. The highest BCUT2D eigenvalue weighted by atomic mass is 35.5. The van der Waals surface area contributed by atoms with Gasteiger partial charge in [0.2, 0.25) is 0 Å². The molecule has 1 aromatic rings. The van der Waals surface area contributed by atoms with Gasteiger partial charge in [-0.3, -0.25) is 0 Å². The number of aromatic nitrogens is 2. The Hall–Kier alpha value is -2.09. The molecular formula is C17H25ClN4O4. The van der Waals surface area contributed by atoms with Crippen LogP contribution in [0, 0.1) is 0 Å². The number of methoxy groups -OCH3 is 1. The summed E-state index contributed by atoms with van der Waals surface area (Å²) in [5.74, 6) is -0.0381. The van der Waals surface area contributed by atoms with E-state index in [4.69, 9.17) is 16.3 Å². The highest BCUT2D eigenvalue weighted by Crippen LogP contribution is 2.26. The lowest BCUT2D eigenvalue weighted by Gasteiger charge is -2.40. The number of nitrogens with one attached hydrogen (secondary N) is 1. The third kappa shape index (κ3) is 5.20. The van der Waals surface area contributed by atoms with E-state index in [2.05, 4.69) is 20.0 Å². The molecule has 8 nitrogen and oxygen atoms in total. The molecule has 0 aromatic carbocycles. The number of hydrogen-bond acceptors (Lipinski definition) is 7. The van der Waals surface area contributed by atoms with Crippen molar-refractivity contribution in [3.63, 3.8) is 0 Å². The number of hydrogen-bond donors (Lipinski definition) is 1. The van der Waals surface area contributed by atoms with Gasteiger partial charge in [-0.05, 0) is 40.5 Å². The van der Waals surface area contributed by atoms with Crippen molar-refractivity contribution < 1.29 is 19.1 Å². The van der Waals surface area contributed by atoms with Gasteiger partial charge in [-0.1, -0.05) is 11.6 Å². The molecule has 0 atom stereocenters. The van der Waals surface area contributed by atoms with E-state index in [1.165, 1.54) is 13.3 Å². The van der Waals surface area contributed by atoms with E-state index in [-0.39, 0.29) is 16.4 Å². The normalized spacial score (nSPS) is 16.8. The van der Waals surface area contributed by atoms with Crippen LogP contribution in [0.3, 0.4) is 0 Å². The Labute approximate surface area is 158 Å². The first-order chi connectivity index (χ1) is 12.0. The number of rotatable bonds is 3. The molecule has 1 saturated heterocycles. The smallest absolute Gasteiger partial charge is 0.408 e. The largest absolute Gasteiger partial charge is 0.464 e.